The van der Waals surface area contributed by atoms with E-state index in [0.717, 1.165) is 12.1 Å². The summed E-state index contributed by atoms with van der Waals surface area (Å²) in [5.41, 5.74) is -0.141. The fourth-order valence-electron chi connectivity index (χ4n) is 1.89. The number of hydrogen-bond donors (Lipinski definition) is 2. The molecule has 0 amide bonds. The lowest BCUT2D eigenvalue weighted by molar-refractivity contribution is 0.512. The van der Waals surface area contributed by atoms with E-state index in [0.29, 0.717) is 5.56 Å². The average molecular weight is 358 g/mol. The van der Waals surface area contributed by atoms with Crippen LogP contribution >= 0.6 is 0 Å². The van der Waals surface area contributed by atoms with E-state index in [1.165, 1.54) is 26.0 Å². The third kappa shape index (κ3) is 3.81. The Kier molecular flexibility index (Phi) is 5.08. The number of nitrogens with one attached hydrogen (secondary N) is 2. The first-order chi connectivity index (χ1) is 11.1. The molecular formula is C16H17F3N2O2S. The Bertz CT molecular complexity index is 868. The predicted octanol–water partition coefficient (Wildman–Crippen LogP) is 4.31. The molecule has 0 aliphatic carbocycles. The summed E-state index contributed by atoms with van der Waals surface area (Å²) in [7, 11) is -3.79. The molecule has 0 aliphatic rings. The molecule has 2 aromatic rings. The maximum Gasteiger partial charge on any atom is 0.235 e. The molecule has 2 aromatic carbocycles. The lowest BCUT2D eigenvalue weighted by Gasteiger charge is -2.17. The van der Waals surface area contributed by atoms with Crippen molar-refractivity contribution in [2.75, 3.05) is 10.0 Å². The fourth-order valence-corrected chi connectivity index (χ4v) is 2.60. The summed E-state index contributed by atoms with van der Waals surface area (Å²) in [6, 6.07) is 6.03. The number of sulfonamides is 1. The molecule has 0 fully saturated rings. The van der Waals surface area contributed by atoms with Gasteiger partial charge >= 0.3 is 0 Å². The van der Waals surface area contributed by atoms with Crippen LogP contribution in [-0.2, 0) is 10.0 Å². The van der Waals surface area contributed by atoms with Crippen molar-refractivity contribution in [1.82, 2.24) is 0 Å². The number of halogens is 3. The van der Waals surface area contributed by atoms with E-state index >= 15 is 0 Å². The second-order valence-electron chi connectivity index (χ2n) is 5.59. The maximum absolute atomic E-state index is 14.1. The normalized spacial score (nSPS) is 11.6. The van der Waals surface area contributed by atoms with Crippen LogP contribution in [0.15, 0.2) is 30.3 Å². The van der Waals surface area contributed by atoms with Crippen LogP contribution in [0.1, 0.15) is 19.4 Å². The summed E-state index contributed by atoms with van der Waals surface area (Å²) >= 11 is 0. The highest BCUT2D eigenvalue weighted by molar-refractivity contribution is 7.93. The van der Waals surface area contributed by atoms with Gasteiger partial charge in [0, 0.05) is 0 Å². The van der Waals surface area contributed by atoms with Crippen LogP contribution in [0.3, 0.4) is 0 Å². The number of hydrogen-bond acceptors (Lipinski definition) is 3. The van der Waals surface area contributed by atoms with Gasteiger partial charge in [0.1, 0.15) is 11.5 Å². The quantitative estimate of drug-likeness (QED) is 0.838. The Balaban J connectivity index is 2.49. The van der Waals surface area contributed by atoms with Gasteiger partial charge in [-0.05, 0) is 50.6 Å². The summed E-state index contributed by atoms with van der Waals surface area (Å²) in [5.74, 6) is -3.16. The van der Waals surface area contributed by atoms with Gasteiger partial charge in [0.2, 0.25) is 10.0 Å². The predicted molar refractivity (Wildman–Crippen MR) is 88.5 cm³/mol. The first kappa shape index (κ1) is 18.1. The van der Waals surface area contributed by atoms with Crippen molar-refractivity contribution in [1.29, 1.82) is 0 Å². The summed E-state index contributed by atoms with van der Waals surface area (Å²) in [5, 5.41) is 1.64. The Morgan fingerprint density at radius 2 is 1.58 bits per heavy atom. The van der Waals surface area contributed by atoms with Crippen molar-refractivity contribution in [2.45, 2.75) is 26.0 Å². The number of anilines is 3. The van der Waals surface area contributed by atoms with E-state index in [1.54, 1.807) is 13.0 Å². The largest absolute Gasteiger partial charge is 0.349 e. The van der Waals surface area contributed by atoms with E-state index in [1.807, 2.05) is 0 Å². The molecular weight excluding hydrogens is 341 g/mol. The molecule has 8 heteroatoms. The van der Waals surface area contributed by atoms with Crippen molar-refractivity contribution in [2.24, 2.45) is 0 Å². The molecule has 0 saturated carbocycles. The summed E-state index contributed by atoms with van der Waals surface area (Å²) in [6.07, 6.45) is 0. The molecule has 2 rings (SSSR count). The zero-order chi connectivity index (χ0) is 18.1. The van der Waals surface area contributed by atoms with Gasteiger partial charge < -0.3 is 5.32 Å². The molecule has 0 unspecified atom stereocenters. The zero-order valence-electron chi connectivity index (χ0n) is 13.3. The number of rotatable bonds is 5. The minimum atomic E-state index is -3.79. The third-order valence-corrected chi connectivity index (χ3v) is 5.10. The molecule has 2 N–H and O–H groups in total. The SMILES string of the molecule is Cc1ccc(Nc2c(NS(=O)(=O)C(C)C)ccc(F)c2F)c(F)c1. The average Bonchev–Trinajstić information content (AvgIpc) is 2.48. The van der Waals surface area contributed by atoms with E-state index in [2.05, 4.69) is 10.0 Å². The second-order valence-corrected chi connectivity index (χ2v) is 7.83. The Morgan fingerprint density at radius 3 is 2.17 bits per heavy atom. The first-order valence-corrected chi connectivity index (χ1v) is 8.69. The first-order valence-electron chi connectivity index (χ1n) is 7.14. The topological polar surface area (TPSA) is 58.2 Å². The van der Waals surface area contributed by atoms with Gasteiger partial charge in [0.25, 0.3) is 0 Å². The molecule has 0 atom stereocenters. The van der Waals surface area contributed by atoms with Crippen LogP contribution in [0.5, 0.6) is 0 Å². The highest BCUT2D eigenvalue weighted by Gasteiger charge is 2.21. The van der Waals surface area contributed by atoms with E-state index in [4.69, 9.17) is 0 Å². The van der Waals surface area contributed by atoms with Gasteiger partial charge in [-0.2, -0.15) is 0 Å². The molecule has 4 nitrogen and oxygen atoms in total. The van der Waals surface area contributed by atoms with Crippen LogP contribution in [-0.4, -0.2) is 13.7 Å². The molecule has 0 bridgehead atoms. The summed E-state index contributed by atoms with van der Waals surface area (Å²) in [6.45, 7) is 4.56. The number of aryl methyl sites for hydroxylation is 1. The Labute approximate surface area is 138 Å². The minimum Gasteiger partial charge on any atom is -0.349 e. The van der Waals surface area contributed by atoms with Gasteiger partial charge in [-0.1, -0.05) is 6.07 Å². The van der Waals surface area contributed by atoms with E-state index < -0.39 is 38.4 Å². The summed E-state index contributed by atoms with van der Waals surface area (Å²) < 4.78 is 67.8. The van der Waals surface area contributed by atoms with Crippen LogP contribution < -0.4 is 10.0 Å². The fraction of sp³-hybridized carbons (Fsp3) is 0.250. The molecule has 130 valence electrons. The third-order valence-electron chi connectivity index (χ3n) is 3.35. The van der Waals surface area contributed by atoms with Crippen molar-refractivity contribution in [3.63, 3.8) is 0 Å². The van der Waals surface area contributed by atoms with Gasteiger partial charge in [-0.15, -0.1) is 0 Å². The van der Waals surface area contributed by atoms with Crippen LogP contribution in [0.4, 0.5) is 30.2 Å². The molecule has 0 heterocycles. The van der Waals surface area contributed by atoms with Gasteiger partial charge in [-0.3, -0.25) is 4.72 Å². The molecule has 0 saturated heterocycles. The van der Waals surface area contributed by atoms with Gasteiger partial charge in [0.05, 0.1) is 16.6 Å². The highest BCUT2D eigenvalue weighted by Crippen LogP contribution is 2.32. The number of benzene rings is 2. The molecule has 0 radical (unpaired) electrons. The lowest BCUT2D eigenvalue weighted by atomic mass is 10.2. The van der Waals surface area contributed by atoms with Crippen LogP contribution in [0, 0.1) is 24.4 Å². The second kappa shape index (κ2) is 6.72. The molecule has 0 spiro atoms. The highest BCUT2D eigenvalue weighted by atomic mass is 32.2. The van der Waals surface area contributed by atoms with Crippen LogP contribution in [0.2, 0.25) is 0 Å². The monoisotopic (exact) mass is 358 g/mol. The van der Waals surface area contributed by atoms with E-state index in [9.17, 15) is 21.6 Å². The minimum absolute atomic E-state index is 0.102. The van der Waals surface area contributed by atoms with Crippen molar-refractivity contribution >= 4 is 27.1 Å². The van der Waals surface area contributed by atoms with Gasteiger partial charge in [0.15, 0.2) is 11.6 Å². The Morgan fingerprint density at radius 1 is 0.958 bits per heavy atom. The van der Waals surface area contributed by atoms with Gasteiger partial charge in [-0.25, -0.2) is 21.6 Å². The Hall–Kier alpha value is -2.22. The van der Waals surface area contributed by atoms with Crippen molar-refractivity contribution in [3.05, 3.63) is 53.3 Å². The summed E-state index contributed by atoms with van der Waals surface area (Å²) in [4.78, 5) is 0. The van der Waals surface area contributed by atoms with E-state index in [-0.39, 0.29) is 11.4 Å². The van der Waals surface area contributed by atoms with Crippen LogP contribution in [0.25, 0.3) is 0 Å². The van der Waals surface area contributed by atoms with Crippen molar-refractivity contribution in [3.8, 4) is 0 Å². The smallest absolute Gasteiger partial charge is 0.235 e. The standard InChI is InChI=1S/C16H17F3N2O2S/c1-9(2)24(22,23)21-14-7-5-11(17)15(19)16(14)20-13-6-4-10(3)8-12(13)18/h4-9,20-21H,1-3H3. The molecule has 24 heavy (non-hydrogen) atoms. The van der Waals surface area contributed by atoms with Crippen molar-refractivity contribution < 1.29 is 21.6 Å². The molecule has 0 aromatic heterocycles. The molecule has 0 aliphatic heterocycles. The zero-order valence-corrected chi connectivity index (χ0v) is 14.1. The maximum atomic E-state index is 14.1. The lowest BCUT2D eigenvalue weighted by Crippen LogP contribution is -2.23.